The molecule has 0 amide bonds. The molecule has 76 valence electrons. The molecule has 1 saturated heterocycles. The van der Waals surface area contributed by atoms with Crippen LogP contribution in [0, 0.1) is 5.92 Å². The van der Waals surface area contributed by atoms with E-state index >= 15 is 0 Å². The van der Waals surface area contributed by atoms with Crippen LogP contribution in [-0.4, -0.2) is 23.9 Å². The fourth-order valence-corrected chi connectivity index (χ4v) is 1.84. The average Bonchev–Trinajstić information content (AvgIpc) is 2.52. The summed E-state index contributed by atoms with van der Waals surface area (Å²) in [5.74, 6) is 0.513. The van der Waals surface area contributed by atoms with Gasteiger partial charge in [0.2, 0.25) is 0 Å². The van der Waals surface area contributed by atoms with Crippen LogP contribution in [0.5, 0.6) is 0 Å². The monoisotopic (exact) mass is 184 g/mol. The molecule has 0 spiro atoms. The van der Waals surface area contributed by atoms with E-state index in [-0.39, 0.29) is 12.2 Å². The van der Waals surface area contributed by atoms with Crippen LogP contribution in [0.25, 0.3) is 0 Å². The molecule has 1 aliphatic heterocycles. The molecule has 0 aromatic heterocycles. The van der Waals surface area contributed by atoms with Gasteiger partial charge in [0.25, 0.3) is 0 Å². The second kappa shape index (κ2) is 5.40. The van der Waals surface area contributed by atoms with Crippen LogP contribution in [0.15, 0.2) is 12.7 Å². The number of aliphatic hydroxyl groups is 1. The highest BCUT2D eigenvalue weighted by Crippen LogP contribution is 2.24. The van der Waals surface area contributed by atoms with Gasteiger partial charge in [0.15, 0.2) is 0 Å². The van der Waals surface area contributed by atoms with Gasteiger partial charge in [-0.1, -0.05) is 13.0 Å². The van der Waals surface area contributed by atoms with Crippen molar-refractivity contribution < 1.29 is 9.84 Å². The summed E-state index contributed by atoms with van der Waals surface area (Å²) in [6.07, 6.45) is 5.60. The van der Waals surface area contributed by atoms with Gasteiger partial charge in [-0.15, -0.1) is 6.58 Å². The lowest BCUT2D eigenvalue weighted by molar-refractivity contribution is -0.0206. The number of unbranched alkanes of at least 4 members (excludes halogenated alkanes) is 1. The van der Waals surface area contributed by atoms with Gasteiger partial charge in [0.05, 0.1) is 12.2 Å². The van der Waals surface area contributed by atoms with Crippen LogP contribution in [0.2, 0.25) is 0 Å². The van der Waals surface area contributed by atoms with Crippen molar-refractivity contribution in [2.45, 2.75) is 44.8 Å². The quantitative estimate of drug-likeness (QED) is 0.524. The van der Waals surface area contributed by atoms with Crippen molar-refractivity contribution in [3.8, 4) is 0 Å². The van der Waals surface area contributed by atoms with E-state index in [1.807, 2.05) is 6.08 Å². The third-order valence-electron chi connectivity index (χ3n) is 2.73. The van der Waals surface area contributed by atoms with Gasteiger partial charge >= 0.3 is 0 Å². The normalized spacial score (nSPS) is 30.3. The number of hydrogen-bond donors (Lipinski definition) is 1. The van der Waals surface area contributed by atoms with Crippen molar-refractivity contribution in [1.29, 1.82) is 0 Å². The van der Waals surface area contributed by atoms with Gasteiger partial charge in [-0.25, -0.2) is 0 Å². The van der Waals surface area contributed by atoms with Crippen LogP contribution in [0.4, 0.5) is 0 Å². The molecule has 2 heteroatoms. The molecule has 0 aromatic rings. The number of ether oxygens (including phenoxy) is 1. The van der Waals surface area contributed by atoms with E-state index in [4.69, 9.17) is 4.74 Å². The van der Waals surface area contributed by atoms with E-state index in [1.165, 1.54) is 0 Å². The Balaban J connectivity index is 2.21. The minimum absolute atomic E-state index is 0.0739. The summed E-state index contributed by atoms with van der Waals surface area (Å²) in [4.78, 5) is 0. The topological polar surface area (TPSA) is 29.5 Å². The van der Waals surface area contributed by atoms with E-state index in [1.54, 1.807) is 0 Å². The fraction of sp³-hybridized carbons (Fsp3) is 0.818. The zero-order valence-electron chi connectivity index (χ0n) is 8.41. The average molecular weight is 184 g/mol. The molecule has 1 fully saturated rings. The van der Waals surface area contributed by atoms with Crippen LogP contribution in [0.1, 0.15) is 32.6 Å². The smallest absolute Gasteiger partial charge is 0.0860 e. The molecule has 3 atom stereocenters. The number of rotatable bonds is 5. The van der Waals surface area contributed by atoms with E-state index in [9.17, 15) is 5.11 Å². The van der Waals surface area contributed by atoms with Gasteiger partial charge < -0.3 is 9.84 Å². The maximum absolute atomic E-state index is 9.79. The lowest BCUT2D eigenvalue weighted by Gasteiger charge is -2.20. The maximum Gasteiger partial charge on any atom is 0.0860 e. The van der Waals surface area contributed by atoms with E-state index in [2.05, 4.69) is 13.5 Å². The Morgan fingerprint density at radius 3 is 3.00 bits per heavy atom. The molecule has 0 bridgehead atoms. The Hall–Kier alpha value is -0.340. The minimum atomic E-state index is -0.280. The Kier molecular flexibility index (Phi) is 4.46. The van der Waals surface area contributed by atoms with Crippen molar-refractivity contribution >= 4 is 0 Å². The van der Waals surface area contributed by atoms with E-state index in [0.717, 1.165) is 32.3 Å². The number of aliphatic hydroxyl groups excluding tert-OH is 1. The summed E-state index contributed by atoms with van der Waals surface area (Å²) in [7, 11) is 0. The van der Waals surface area contributed by atoms with Crippen LogP contribution in [-0.2, 0) is 4.74 Å². The third-order valence-corrected chi connectivity index (χ3v) is 2.73. The Bertz CT molecular complexity index is 156. The number of allylic oxidation sites excluding steroid dienone is 1. The third kappa shape index (κ3) is 3.12. The molecule has 0 radical (unpaired) electrons. The molecule has 1 N–H and O–H groups in total. The van der Waals surface area contributed by atoms with Gasteiger partial charge in [0, 0.05) is 6.61 Å². The summed E-state index contributed by atoms with van der Waals surface area (Å²) < 4.78 is 5.48. The predicted molar refractivity (Wildman–Crippen MR) is 53.6 cm³/mol. The predicted octanol–water partition coefficient (Wildman–Crippen LogP) is 2.13. The minimum Gasteiger partial charge on any atom is -0.390 e. The first-order valence-corrected chi connectivity index (χ1v) is 5.16. The first-order valence-electron chi connectivity index (χ1n) is 5.16. The zero-order valence-corrected chi connectivity index (χ0v) is 8.41. The lowest BCUT2D eigenvalue weighted by Crippen LogP contribution is -2.29. The molecule has 1 aliphatic rings. The molecular weight excluding hydrogens is 164 g/mol. The Morgan fingerprint density at radius 2 is 2.46 bits per heavy atom. The summed E-state index contributed by atoms with van der Waals surface area (Å²) >= 11 is 0. The summed E-state index contributed by atoms with van der Waals surface area (Å²) in [5, 5.41) is 9.79. The standard InChI is InChI=1S/C11H20O2/c1-3-4-5-6-10(12)11-9(2)7-8-13-11/h3,9-12H,1,4-8H2,2H3. The summed E-state index contributed by atoms with van der Waals surface area (Å²) in [6.45, 7) is 6.61. The van der Waals surface area contributed by atoms with Crippen LogP contribution in [0.3, 0.4) is 0 Å². The van der Waals surface area contributed by atoms with Gasteiger partial charge in [0.1, 0.15) is 0 Å². The molecule has 1 rings (SSSR count). The molecular formula is C11H20O2. The largest absolute Gasteiger partial charge is 0.390 e. The van der Waals surface area contributed by atoms with Crippen molar-refractivity contribution in [3.63, 3.8) is 0 Å². The maximum atomic E-state index is 9.79. The molecule has 0 aromatic carbocycles. The molecule has 13 heavy (non-hydrogen) atoms. The van der Waals surface area contributed by atoms with E-state index in [0.29, 0.717) is 5.92 Å². The highest BCUT2D eigenvalue weighted by molar-refractivity contribution is 4.80. The Morgan fingerprint density at radius 1 is 1.69 bits per heavy atom. The van der Waals surface area contributed by atoms with Crippen LogP contribution >= 0.6 is 0 Å². The highest BCUT2D eigenvalue weighted by atomic mass is 16.5. The molecule has 1 heterocycles. The molecule has 2 nitrogen and oxygen atoms in total. The summed E-state index contributed by atoms with van der Waals surface area (Å²) in [5.41, 5.74) is 0. The van der Waals surface area contributed by atoms with Crippen molar-refractivity contribution in [2.24, 2.45) is 5.92 Å². The second-order valence-electron chi connectivity index (χ2n) is 3.89. The van der Waals surface area contributed by atoms with Crippen LogP contribution < -0.4 is 0 Å². The Labute approximate surface area is 80.6 Å². The van der Waals surface area contributed by atoms with E-state index < -0.39 is 0 Å². The van der Waals surface area contributed by atoms with Crippen molar-refractivity contribution in [1.82, 2.24) is 0 Å². The first-order chi connectivity index (χ1) is 6.25. The van der Waals surface area contributed by atoms with Gasteiger partial charge in [-0.2, -0.15) is 0 Å². The highest BCUT2D eigenvalue weighted by Gasteiger charge is 2.30. The van der Waals surface area contributed by atoms with Crippen molar-refractivity contribution in [3.05, 3.63) is 12.7 Å². The molecule has 0 aliphatic carbocycles. The fourth-order valence-electron chi connectivity index (χ4n) is 1.84. The van der Waals surface area contributed by atoms with Gasteiger partial charge in [-0.05, 0) is 31.6 Å². The SMILES string of the molecule is C=CCCCC(O)C1OCCC1C. The first kappa shape index (κ1) is 10.7. The van der Waals surface area contributed by atoms with Crippen molar-refractivity contribution in [2.75, 3.05) is 6.61 Å². The second-order valence-corrected chi connectivity index (χ2v) is 3.89. The molecule has 3 unspecified atom stereocenters. The van der Waals surface area contributed by atoms with Gasteiger partial charge in [-0.3, -0.25) is 0 Å². The molecule has 0 saturated carbocycles. The summed E-state index contributed by atoms with van der Waals surface area (Å²) in [6, 6.07) is 0. The lowest BCUT2D eigenvalue weighted by atomic mass is 9.96. The zero-order chi connectivity index (χ0) is 9.68. The number of hydrogen-bond acceptors (Lipinski definition) is 2.